The van der Waals surface area contributed by atoms with Gasteiger partial charge >= 0.3 is 5.97 Å². The lowest BCUT2D eigenvalue weighted by atomic mass is 10.1. The quantitative estimate of drug-likeness (QED) is 0.706. The molecule has 1 aromatic heterocycles. The van der Waals surface area contributed by atoms with Crippen molar-refractivity contribution in [1.82, 2.24) is 9.55 Å². The monoisotopic (exact) mass is 260 g/mol. The molecular weight excluding hydrogens is 244 g/mol. The van der Waals surface area contributed by atoms with Crippen molar-refractivity contribution >= 4 is 17.3 Å². The first-order valence-electron chi connectivity index (χ1n) is 5.91. The number of carbonyl (C=O) groups is 1. The SMILES string of the molecule is Cn1ccnc1CCNc1cc(C(=O)O)ccc1N. The van der Waals surface area contributed by atoms with Gasteiger partial charge in [-0.3, -0.25) is 0 Å². The lowest BCUT2D eigenvalue weighted by Crippen LogP contribution is -2.10. The summed E-state index contributed by atoms with van der Waals surface area (Å²) < 4.78 is 1.94. The number of rotatable bonds is 5. The minimum atomic E-state index is -0.966. The van der Waals surface area contributed by atoms with Crippen LogP contribution in [0, 0.1) is 0 Å². The lowest BCUT2D eigenvalue weighted by molar-refractivity contribution is 0.0697. The van der Waals surface area contributed by atoms with Gasteiger partial charge in [-0.2, -0.15) is 0 Å². The van der Waals surface area contributed by atoms with Crippen LogP contribution in [-0.2, 0) is 13.5 Å². The number of aromatic carboxylic acids is 1. The molecule has 2 rings (SSSR count). The summed E-state index contributed by atoms with van der Waals surface area (Å²) in [7, 11) is 1.93. The van der Waals surface area contributed by atoms with Crippen LogP contribution in [0.3, 0.4) is 0 Å². The maximum absolute atomic E-state index is 10.9. The minimum Gasteiger partial charge on any atom is -0.478 e. The van der Waals surface area contributed by atoms with E-state index >= 15 is 0 Å². The van der Waals surface area contributed by atoms with E-state index in [1.165, 1.54) is 12.1 Å². The van der Waals surface area contributed by atoms with Gasteiger partial charge in [0.1, 0.15) is 5.82 Å². The van der Waals surface area contributed by atoms with Gasteiger partial charge in [0.15, 0.2) is 0 Å². The van der Waals surface area contributed by atoms with Crippen LogP contribution >= 0.6 is 0 Å². The highest BCUT2D eigenvalue weighted by Gasteiger charge is 2.06. The summed E-state index contributed by atoms with van der Waals surface area (Å²) in [6, 6.07) is 4.62. The Hall–Kier alpha value is -2.50. The molecule has 0 amide bonds. The predicted octanol–water partition coefficient (Wildman–Crippen LogP) is 1.36. The fourth-order valence-corrected chi connectivity index (χ4v) is 1.79. The number of hydrogen-bond acceptors (Lipinski definition) is 4. The smallest absolute Gasteiger partial charge is 0.335 e. The van der Waals surface area contributed by atoms with Gasteiger partial charge in [-0.05, 0) is 18.2 Å². The summed E-state index contributed by atoms with van der Waals surface area (Å²) in [4.78, 5) is 15.1. The molecule has 0 aliphatic carbocycles. The number of imidazole rings is 1. The average Bonchev–Trinajstić information content (AvgIpc) is 2.77. The number of nitrogens with one attached hydrogen (secondary N) is 1. The molecule has 0 fully saturated rings. The van der Waals surface area contributed by atoms with Crippen molar-refractivity contribution in [3.05, 3.63) is 42.0 Å². The summed E-state index contributed by atoms with van der Waals surface area (Å²) in [5.74, 6) is -0.00684. The molecule has 19 heavy (non-hydrogen) atoms. The zero-order valence-corrected chi connectivity index (χ0v) is 10.6. The van der Waals surface area contributed by atoms with Crippen LogP contribution < -0.4 is 11.1 Å². The first-order chi connectivity index (χ1) is 9.08. The van der Waals surface area contributed by atoms with Crippen molar-refractivity contribution in [3.63, 3.8) is 0 Å². The maximum atomic E-state index is 10.9. The van der Waals surface area contributed by atoms with Crippen molar-refractivity contribution in [2.75, 3.05) is 17.6 Å². The number of aromatic nitrogens is 2. The number of carboxylic acids is 1. The van der Waals surface area contributed by atoms with Crippen molar-refractivity contribution in [2.24, 2.45) is 7.05 Å². The highest BCUT2D eigenvalue weighted by atomic mass is 16.4. The van der Waals surface area contributed by atoms with E-state index in [2.05, 4.69) is 10.3 Å². The van der Waals surface area contributed by atoms with Crippen molar-refractivity contribution < 1.29 is 9.90 Å². The van der Waals surface area contributed by atoms with Gasteiger partial charge in [0.05, 0.1) is 16.9 Å². The fraction of sp³-hybridized carbons (Fsp3) is 0.231. The third-order valence-corrected chi connectivity index (χ3v) is 2.89. The number of carboxylic acid groups (broad SMARTS) is 1. The normalized spacial score (nSPS) is 10.4. The van der Waals surface area contributed by atoms with Crippen LogP contribution in [0.25, 0.3) is 0 Å². The van der Waals surface area contributed by atoms with E-state index < -0.39 is 5.97 Å². The van der Waals surface area contributed by atoms with Crippen LogP contribution in [0.2, 0.25) is 0 Å². The summed E-state index contributed by atoms with van der Waals surface area (Å²) >= 11 is 0. The molecule has 0 spiro atoms. The van der Waals surface area contributed by atoms with E-state index in [4.69, 9.17) is 10.8 Å². The Morgan fingerprint density at radius 2 is 2.32 bits per heavy atom. The van der Waals surface area contributed by atoms with Crippen LogP contribution in [-0.4, -0.2) is 27.2 Å². The van der Waals surface area contributed by atoms with E-state index in [0.717, 1.165) is 12.2 Å². The second kappa shape index (κ2) is 5.43. The number of benzene rings is 1. The van der Waals surface area contributed by atoms with Gasteiger partial charge in [0, 0.05) is 32.4 Å². The molecule has 100 valence electrons. The molecular formula is C13H16N4O2. The number of aryl methyl sites for hydroxylation is 1. The maximum Gasteiger partial charge on any atom is 0.335 e. The highest BCUT2D eigenvalue weighted by molar-refractivity contribution is 5.90. The van der Waals surface area contributed by atoms with Gasteiger partial charge in [-0.1, -0.05) is 0 Å². The number of anilines is 2. The van der Waals surface area contributed by atoms with Crippen LogP contribution in [0.4, 0.5) is 11.4 Å². The standard InChI is InChI=1S/C13H16N4O2/c1-17-7-6-16-12(17)4-5-15-11-8-9(13(18)19)2-3-10(11)14/h2-3,6-8,15H,4-5,14H2,1H3,(H,18,19). The van der Waals surface area contributed by atoms with E-state index in [1.54, 1.807) is 12.3 Å². The second-order valence-electron chi connectivity index (χ2n) is 4.24. The van der Waals surface area contributed by atoms with Gasteiger partial charge in [0.2, 0.25) is 0 Å². The van der Waals surface area contributed by atoms with Gasteiger partial charge in [0.25, 0.3) is 0 Å². The zero-order valence-electron chi connectivity index (χ0n) is 10.6. The molecule has 1 heterocycles. The molecule has 4 N–H and O–H groups in total. The molecule has 1 aromatic carbocycles. The Bertz CT molecular complexity index is 592. The number of nitrogens with zero attached hydrogens (tertiary/aromatic N) is 2. The number of nitrogen functional groups attached to an aromatic ring is 1. The van der Waals surface area contributed by atoms with E-state index in [9.17, 15) is 4.79 Å². The molecule has 0 saturated heterocycles. The Labute approximate surface area is 110 Å². The molecule has 0 atom stereocenters. The van der Waals surface area contributed by atoms with Gasteiger partial charge < -0.3 is 20.7 Å². The summed E-state index contributed by atoms with van der Waals surface area (Å²) in [5, 5.41) is 12.1. The first kappa shape index (κ1) is 12.9. The fourth-order valence-electron chi connectivity index (χ4n) is 1.79. The van der Waals surface area contributed by atoms with Crippen molar-refractivity contribution in [2.45, 2.75) is 6.42 Å². The van der Waals surface area contributed by atoms with Crippen LogP contribution in [0.15, 0.2) is 30.6 Å². The number of hydrogen-bond donors (Lipinski definition) is 3. The molecule has 0 saturated carbocycles. The van der Waals surface area contributed by atoms with E-state index in [-0.39, 0.29) is 5.56 Å². The Morgan fingerprint density at radius 3 is 2.95 bits per heavy atom. The molecule has 6 heteroatoms. The molecule has 0 bridgehead atoms. The summed E-state index contributed by atoms with van der Waals surface area (Å²) in [5.41, 5.74) is 7.18. The van der Waals surface area contributed by atoms with E-state index in [0.29, 0.717) is 17.9 Å². The molecule has 2 aromatic rings. The Kier molecular flexibility index (Phi) is 3.70. The summed E-state index contributed by atoms with van der Waals surface area (Å²) in [6.45, 7) is 0.637. The van der Waals surface area contributed by atoms with Crippen LogP contribution in [0.5, 0.6) is 0 Å². The molecule has 6 nitrogen and oxygen atoms in total. The summed E-state index contributed by atoms with van der Waals surface area (Å²) in [6.07, 6.45) is 4.36. The van der Waals surface area contributed by atoms with Crippen LogP contribution in [0.1, 0.15) is 16.2 Å². The molecule has 0 aliphatic rings. The minimum absolute atomic E-state index is 0.216. The third-order valence-electron chi connectivity index (χ3n) is 2.89. The van der Waals surface area contributed by atoms with E-state index in [1.807, 2.05) is 17.8 Å². The Morgan fingerprint density at radius 1 is 1.53 bits per heavy atom. The van der Waals surface area contributed by atoms with Crippen molar-refractivity contribution in [1.29, 1.82) is 0 Å². The lowest BCUT2D eigenvalue weighted by Gasteiger charge is -2.10. The van der Waals surface area contributed by atoms with Gasteiger partial charge in [-0.25, -0.2) is 9.78 Å². The zero-order chi connectivity index (χ0) is 13.8. The van der Waals surface area contributed by atoms with Gasteiger partial charge in [-0.15, -0.1) is 0 Å². The Balaban J connectivity index is 2.01. The first-order valence-corrected chi connectivity index (χ1v) is 5.91. The third kappa shape index (κ3) is 3.04. The molecule has 0 unspecified atom stereocenters. The molecule has 0 radical (unpaired) electrons. The topological polar surface area (TPSA) is 93.2 Å². The molecule has 0 aliphatic heterocycles. The number of nitrogens with two attached hydrogens (primary N) is 1. The largest absolute Gasteiger partial charge is 0.478 e. The highest BCUT2D eigenvalue weighted by Crippen LogP contribution is 2.20. The predicted molar refractivity (Wildman–Crippen MR) is 73.2 cm³/mol. The van der Waals surface area contributed by atoms with Crippen molar-refractivity contribution in [3.8, 4) is 0 Å². The average molecular weight is 260 g/mol. The second-order valence-corrected chi connectivity index (χ2v) is 4.24.